The number of anilines is 2. The van der Waals surface area contributed by atoms with E-state index < -0.39 is 10.0 Å². The van der Waals surface area contributed by atoms with Crippen LogP contribution in [0.25, 0.3) is 0 Å². The first-order valence-electron chi connectivity index (χ1n) is 3.46. The van der Waals surface area contributed by atoms with Gasteiger partial charge in [-0.15, -0.1) is 12.4 Å². The summed E-state index contributed by atoms with van der Waals surface area (Å²) in [4.78, 5) is 0. The maximum Gasteiger partial charge on any atom is 0.237 e. The Morgan fingerprint density at radius 1 is 1.38 bits per heavy atom. The summed E-state index contributed by atoms with van der Waals surface area (Å²) in [6.07, 6.45) is 0. The van der Waals surface area contributed by atoms with Gasteiger partial charge < -0.3 is 5.73 Å². The van der Waals surface area contributed by atoms with Crippen LogP contribution < -0.4 is 10.5 Å². The molecule has 0 aliphatic carbocycles. The third-order valence-corrected chi connectivity index (χ3v) is 2.99. The van der Waals surface area contributed by atoms with Gasteiger partial charge in [0.15, 0.2) is 0 Å². The lowest BCUT2D eigenvalue weighted by molar-refractivity contribution is 0.602. The average Bonchev–Trinajstić information content (AvgIpc) is 2.25. The van der Waals surface area contributed by atoms with Gasteiger partial charge in [-0.25, -0.2) is 8.42 Å². The third-order valence-electron chi connectivity index (χ3n) is 1.79. The summed E-state index contributed by atoms with van der Waals surface area (Å²) in [5.74, 6) is 0.0351. The number of nitrogen functional groups attached to an aromatic ring is 1. The SMILES string of the molecule is Cl.Nc1cccc2c1NS(=O)(=O)C2. The minimum absolute atomic E-state index is 0. The number of rotatable bonds is 0. The van der Waals surface area contributed by atoms with Crippen LogP contribution in [0.3, 0.4) is 0 Å². The molecule has 4 nitrogen and oxygen atoms in total. The van der Waals surface area contributed by atoms with Crippen molar-refractivity contribution in [3.63, 3.8) is 0 Å². The van der Waals surface area contributed by atoms with Gasteiger partial charge >= 0.3 is 0 Å². The van der Waals surface area contributed by atoms with Gasteiger partial charge in [-0.2, -0.15) is 0 Å². The highest BCUT2D eigenvalue weighted by Crippen LogP contribution is 2.31. The van der Waals surface area contributed by atoms with Crippen molar-refractivity contribution in [3.05, 3.63) is 23.8 Å². The maximum atomic E-state index is 11.1. The van der Waals surface area contributed by atoms with Gasteiger partial charge in [0, 0.05) is 0 Å². The van der Waals surface area contributed by atoms with Crippen LogP contribution in [0.4, 0.5) is 11.4 Å². The van der Waals surface area contributed by atoms with Crippen molar-refractivity contribution in [1.29, 1.82) is 0 Å². The van der Waals surface area contributed by atoms with Gasteiger partial charge in [0.25, 0.3) is 0 Å². The van der Waals surface area contributed by atoms with E-state index in [-0.39, 0.29) is 18.2 Å². The predicted molar refractivity (Wildman–Crippen MR) is 54.3 cm³/mol. The molecule has 0 unspecified atom stereocenters. The quantitative estimate of drug-likeness (QED) is 0.640. The highest BCUT2D eigenvalue weighted by atomic mass is 35.5. The normalized spacial score (nSPS) is 16.9. The summed E-state index contributed by atoms with van der Waals surface area (Å²) in [6.45, 7) is 0. The first-order valence-corrected chi connectivity index (χ1v) is 5.11. The lowest BCUT2D eigenvalue weighted by Crippen LogP contribution is -2.06. The fourth-order valence-corrected chi connectivity index (χ4v) is 2.54. The molecule has 0 amide bonds. The Labute approximate surface area is 82.6 Å². The van der Waals surface area contributed by atoms with Crippen LogP contribution in [0.15, 0.2) is 18.2 Å². The van der Waals surface area contributed by atoms with Crippen LogP contribution in [-0.4, -0.2) is 8.42 Å². The average molecular weight is 221 g/mol. The van der Waals surface area contributed by atoms with Crippen molar-refractivity contribution in [1.82, 2.24) is 0 Å². The van der Waals surface area contributed by atoms with E-state index in [0.717, 1.165) is 5.56 Å². The standard InChI is InChI=1S/C7H8N2O2S.ClH/c8-6-3-1-2-5-4-12(10,11)9-7(5)6;/h1-3,9H,4,8H2;1H. The van der Waals surface area contributed by atoms with E-state index in [0.29, 0.717) is 11.4 Å². The first kappa shape index (κ1) is 10.1. The van der Waals surface area contributed by atoms with Crippen LogP contribution in [0, 0.1) is 0 Å². The monoisotopic (exact) mass is 220 g/mol. The Morgan fingerprint density at radius 3 is 2.69 bits per heavy atom. The lowest BCUT2D eigenvalue weighted by Gasteiger charge is -2.00. The molecule has 2 rings (SSSR count). The number of nitrogens with two attached hydrogens (primary N) is 1. The Kier molecular flexibility index (Phi) is 2.40. The molecule has 13 heavy (non-hydrogen) atoms. The summed E-state index contributed by atoms with van der Waals surface area (Å²) in [6, 6.07) is 5.17. The van der Waals surface area contributed by atoms with E-state index in [1.54, 1.807) is 18.2 Å². The molecule has 1 aromatic carbocycles. The van der Waals surface area contributed by atoms with Crippen molar-refractivity contribution < 1.29 is 8.42 Å². The van der Waals surface area contributed by atoms with Crippen molar-refractivity contribution in [2.24, 2.45) is 0 Å². The largest absolute Gasteiger partial charge is 0.397 e. The van der Waals surface area contributed by atoms with E-state index in [4.69, 9.17) is 5.73 Å². The Balaban J connectivity index is 0.000000845. The molecule has 72 valence electrons. The first-order chi connectivity index (χ1) is 5.58. The summed E-state index contributed by atoms with van der Waals surface area (Å²) >= 11 is 0. The molecule has 1 aromatic rings. The zero-order chi connectivity index (χ0) is 8.77. The number of hydrogen-bond acceptors (Lipinski definition) is 3. The van der Waals surface area contributed by atoms with Gasteiger partial charge in [-0.3, -0.25) is 4.72 Å². The molecule has 3 N–H and O–H groups in total. The smallest absolute Gasteiger partial charge is 0.237 e. The summed E-state index contributed by atoms with van der Waals surface area (Å²) < 4.78 is 24.5. The van der Waals surface area contributed by atoms with Gasteiger partial charge in [0.05, 0.1) is 17.1 Å². The highest BCUT2D eigenvalue weighted by Gasteiger charge is 2.24. The minimum atomic E-state index is -3.16. The Hall–Kier alpha value is -0.940. The van der Waals surface area contributed by atoms with Gasteiger partial charge in [-0.05, 0) is 11.6 Å². The van der Waals surface area contributed by atoms with Crippen molar-refractivity contribution in [2.45, 2.75) is 5.75 Å². The fraction of sp³-hybridized carbons (Fsp3) is 0.143. The maximum absolute atomic E-state index is 11.1. The molecule has 0 radical (unpaired) electrons. The van der Waals surface area contributed by atoms with Gasteiger partial charge in [-0.1, -0.05) is 12.1 Å². The molecule has 6 heteroatoms. The predicted octanol–water partition coefficient (Wildman–Crippen LogP) is 0.946. The number of fused-ring (bicyclic) bond motifs is 1. The van der Waals surface area contributed by atoms with Crippen LogP contribution in [0.5, 0.6) is 0 Å². The summed E-state index contributed by atoms with van der Waals surface area (Å²) in [5.41, 5.74) is 7.33. The Morgan fingerprint density at radius 2 is 2.08 bits per heavy atom. The van der Waals surface area contributed by atoms with E-state index in [1.165, 1.54) is 0 Å². The van der Waals surface area contributed by atoms with E-state index in [2.05, 4.69) is 4.72 Å². The van der Waals surface area contributed by atoms with E-state index >= 15 is 0 Å². The van der Waals surface area contributed by atoms with Crippen molar-refractivity contribution >= 4 is 33.8 Å². The molecule has 0 spiro atoms. The molecule has 0 aromatic heterocycles. The lowest BCUT2D eigenvalue weighted by atomic mass is 10.2. The summed E-state index contributed by atoms with van der Waals surface area (Å²) in [5, 5.41) is 0. The second-order valence-electron chi connectivity index (χ2n) is 2.74. The van der Waals surface area contributed by atoms with Crippen LogP contribution >= 0.6 is 12.4 Å². The molecule has 0 fully saturated rings. The number of hydrogen-bond donors (Lipinski definition) is 2. The van der Waals surface area contributed by atoms with E-state index in [1.807, 2.05) is 0 Å². The zero-order valence-corrected chi connectivity index (χ0v) is 8.28. The number of halogens is 1. The fourth-order valence-electron chi connectivity index (χ4n) is 1.26. The van der Waals surface area contributed by atoms with E-state index in [9.17, 15) is 8.42 Å². The summed E-state index contributed by atoms with van der Waals surface area (Å²) in [7, 11) is -3.16. The van der Waals surface area contributed by atoms with Gasteiger partial charge in [0.1, 0.15) is 0 Å². The molecule has 1 heterocycles. The molecule has 0 atom stereocenters. The second kappa shape index (κ2) is 3.08. The number of nitrogens with one attached hydrogen (secondary N) is 1. The minimum Gasteiger partial charge on any atom is -0.397 e. The highest BCUT2D eigenvalue weighted by molar-refractivity contribution is 7.92. The van der Waals surface area contributed by atoms with Crippen LogP contribution in [0.1, 0.15) is 5.56 Å². The Bertz CT molecular complexity index is 430. The topological polar surface area (TPSA) is 72.2 Å². The van der Waals surface area contributed by atoms with Crippen LogP contribution in [-0.2, 0) is 15.8 Å². The molecule has 1 aliphatic heterocycles. The molecule has 0 bridgehead atoms. The van der Waals surface area contributed by atoms with Crippen LogP contribution in [0.2, 0.25) is 0 Å². The molecule has 0 saturated heterocycles. The zero-order valence-electron chi connectivity index (χ0n) is 6.65. The second-order valence-corrected chi connectivity index (χ2v) is 4.46. The molecular formula is C7H9ClN2O2S. The number of benzene rings is 1. The van der Waals surface area contributed by atoms with Gasteiger partial charge in [0.2, 0.25) is 10.0 Å². The molecule has 0 saturated carbocycles. The van der Waals surface area contributed by atoms with Crippen molar-refractivity contribution in [2.75, 3.05) is 10.5 Å². The number of sulfonamides is 1. The third kappa shape index (κ3) is 1.71. The molecular weight excluding hydrogens is 212 g/mol. The molecule has 1 aliphatic rings. The number of para-hydroxylation sites is 1. The van der Waals surface area contributed by atoms with Crippen molar-refractivity contribution in [3.8, 4) is 0 Å².